The van der Waals surface area contributed by atoms with Crippen LogP contribution in [0.1, 0.15) is 25.3 Å². The Morgan fingerprint density at radius 3 is 2.62 bits per heavy atom. The van der Waals surface area contributed by atoms with Gasteiger partial charge in [0.05, 0.1) is 22.8 Å². The Bertz CT molecular complexity index is 1120. The Hall–Kier alpha value is -2.68. The van der Waals surface area contributed by atoms with Crippen LogP contribution in [0, 0.1) is 0 Å². The molecule has 1 unspecified atom stereocenters. The summed E-state index contributed by atoms with van der Waals surface area (Å²) in [6.07, 6.45) is -1.17. The predicted molar refractivity (Wildman–Crippen MR) is 105 cm³/mol. The summed E-state index contributed by atoms with van der Waals surface area (Å²) in [7, 11) is 0. The minimum Gasteiger partial charge on any atom is -0.338 e. The van der Waals surface area contributed by atoms with Crippen molar-refractivity contribution >= 4 is 28.1 Å². The number of carbonyl (C=O) groups is 1. The fraction of sp³-hybridized carbons (Fsp3) is 0.350. The van der Waals surface area contributed by atoms with Crippen LogP contribution in [0.25, 0.3) is 21.3 Å². The van der Waals surface area contributed by atoms with Crippen LogP contribution in [0.5, 0.6) is 0 Å². The maximum Gasteiger partial charge on any atom is 0.416 e. The quantitative estimate of drug-likeness (QED) is 0.638. The molecule has 1 saturated heterocycles. The van der Waals surface area contributed by atoms with Crippen molar-refractivity contribution in [3.05, 3.63) is 51.9 Å². The van der Waals surface area contributed by atoms with Crippen LogP contribution >= 0.6 is 11.3 Å². The number of halogens is 3. The first-order chi connectivity index (χ1) is 13.8. The predicted octanol–water partition coefficient (Wildman–Crippen LogP) is 4.15. The second-order valence-electron chi connectivity index (χ2n) is 7.16. The van der Waals surface area contributed by atoms with Crippen molar-refractivity contribution in [2.75, 3.05) is 6.54 Å². The molecule has 29 heavy (non-hydrogen) atoms. The number of nitrogens with zero attached hydrogens (tertiary/aromatic N) is 3. The highest BCUT2D eigenvalue weighted by atomic mass is 32.1. The van der Waals surface area contributed by atoms with E-state index in [4.69, 9.17) is 0 Å². The van der Waals surface area contributed by atoms with Crippen molar-refractivity contribution in [2.24, 2.45) is 0 Å². The molecule has 0 aliphatic carbocycles. The lowest BCUT2D eigenvalue weighted by atomic mass is 10.1. The summed E-state index contributed by atoms with van der Waals surface area (Å²) in [4.78, 5) is 32.2. The van der Waals surface area contributed by atoms with E-state index in [2.05, 4.69) is 4.98 Å². The number of thiophene rings is 1. The summed E-state index contributed by atoms with van der Waals surface area (Å²) < 4.78 is 39.7. The van der Waals surface area contributed by atoms with E-state index in [9.17, 15) is 22.8 Å². The van der Waals surface area contributed by atoms with E-state index in [0.29, 0.717) is 27.9 Å². The third-order valence-electron chi connectivity index (χ3n) is 5.24. The molecule has 1 aromatic carbocycles. The number of alkyl halides is 3. The zero-order valence-corrected chi connectivity index (χ0v) is 16.4. The van der Waals surface area contributed by atoms with E-state index < -0.39 is 11.7 Å². The van der Waals surface area contributed by atoms with Gasteiger partial charge in [-0.3, -0.25) is 14.2 Å². The second-order valence-corrected chi connectivity index (χ2v) is 8.04. The van der Waals surface area contributed by atoms with Gasteiger partial charge in [0.25, 0.3) is 5.56 Å². The smallest absolute Gasteiger partial charge is 0.338 e. The Balaban J connectivity index is 1.69. The van der Waals surface area contributed by atoms with E-state index in [1.54, 1.807) is 10.3 Å². The van der Waals surface area contributed by atoms with Crippen molar-refractivity contribution < 1.29 is 18.0 Å². The fourth-order valence-electron chi connectivity index (χ4n) is 3.65. The summed E-state index contributed by atoms with van der Waals surface area (Å²) in [6, 6.07) is 4.84. The van der Waals surface area contributed by atoms with E-state index in [-0.39, 0.29) is 24.1 Å². The molecular formula is C20H18F3N3O2S. The van der Waals surface area contributed by atoms with Crippen LogP contribution < -0.4 is 5.56 Å². The topological polar surface area (TPSA) is 55.2 Å². The molecule has 1 fully saturated rings. The molecule has 2 aromatic heterocycles. The first-order valence-electron chi connectivity index (χ1n) is 9.19. The van der Waals surface area contributed by atoms with E-state index in [1.807, 2.05) is 6.92 Å². The van der Waals surface area contributed by atoms with Crippen LogP contribution in [0.15, 0.2) is 40.8 Å². The number of rotatable bonds is 3. The van der Waals surface area contributed by atoms with Crippen LogP contribution in [-0.2, 0) is 17.5 Å². The zero-order valence-electron chi connectivity index (χ0n) is 15.6. The van der Waals surface area contributed by atoms with Crippen LogP contribution in [0.3, 0.4) is 0 Å². The lowest BCUT2D eigenvalue weighted by Crippen LogP contribution is -2.38. The third-order valence-corrected chi connectivity index (χ3v) is 6.25. The highest BCUT2D eigenvalue weighted by Crippen LogP contribution is 2.35. The highest BCUT2D eigenvalue weighted by Gasteiger charge is 2.30. The van der Waals surface area contributed by atoms with Gasteiger partial charge in [-0.05, 0) is 37.5 Å². The lowest BCUT2D eigenvalue weighted by molar-refractivity contribution is -0.137. The molecule has 1 aliphatic rings. The van der Waals surface area contributed by atoms with Gasteiger partial charge in [-0.15, -0.1) is 11.3 Å². The molecule has 0 radical (unpaired) electrons. The molecule has 152 valence electrons. The second kappa shape index (κ2) is 7.29. The molecule has 1 aliphatic heterocycles. The van der Waals surface area contributed by atoms with Crippen molar-refractivity contribution in [1.29, 1.82) is 0 Å². The summed E-state index contributed by atoms with van der Waals surface area (Å²) >= 11 is 1.24. The van der Waals surface area contributed by atoms with Gasteiger partial charge in [0.1, 0.15) is 6.54 Å². The van der Waals surface area contributed by atoms with Gasteiger partial charge in [0.2, 0.25) is 5.91 Å². The van der Waals surface area contributed by atoms with Crippen LogP contribution in [-0.4, -0.2) is 32.9 Å². The van der Waals surface area contributed by atoms with Gasteiger partial charge in [-0.1, -0.05) is 12.1 Å². The lowest BCUT2D eigenvalue weighted by Gasteiger charge is -2.21. The highest BCUT2D eigenvalue weighted by molar-refractivity contribution is 7.15. The van der Waals surface area contributed by atoms with Gasteiger partial charge < -0.3 is 4.90 Å². The molecule has 9 heteroatoms. The fourth-order valence-corrected chi connectivity index (χ4v) is 4.64. The Morgan fingerprint density at radius 1 is 1.28 bits per heavy atom. The van der Waals surface area contributed by atoms with E-state index in [1.165, 1.54) is 34.4 Å². The van der Waals surface area contributed by atoms with Crippen molar-refractivity contribution in [3.63, 3.8) is 0 Å². The number of fused-ring (bicyclic) bond motifs is 1. The zero-order chi connectivity index (χ0) is 20.8. The molecule has 3 aromatic rings. The minimum atomic E-state index is -4.42. The van der Waals surface area contributed by atoms with Crippen LogP contribution in [0.2, 0.25) is 0 Å². The number of hydrogen-bond acceptors (Lipinski definition) is 4. The molecule has 0 N–H and O–H groups in total. The van der Waals surface area contributed by atoms with Crippen molar-refractivity contribution in [3.8, 4) is 10.4 Å². The molecule has 1 atom stereocenters. The number of amides is 1. The van der Waals surface area contributed by atoms with E-state index in [0.717, 1.165) is 25.0 Å². The SMILES string of the molecule is CC1CCCN1C(=O)Cn1cnc2csc(-c3ccc(C(F)(F)F)cc3)c2c1=O. The molecule has 3 heterocycles. The van der Waals surface area contributed by atoms with Crippen molar-refractivity contribution in [1.82, 2.24) is 14.5 Å². The van der Waals surface area contributed by atoms with Crippen LogP contribution in [0.4, 0.5) is 13.2 Å². The molecule has 1 amide bonds. The van der Waals surface area contributed by atoms with Gasteiger partial charge >= 0.3 is 6.18 Å². The first kappa shape index (κ1) is 19.6. The summed E-state index contributed by atoms with van der Waals surface area (Å²) in [5.41, 5.74) is -0.142. The number of likely N-dealkylation sites (tertiary alicyclic amines) is 1. The number of aromatic nitrogens is 2. The van der Waals surface area contributed by atoms with Crippen molar-refractivity contribution in [2.45, 2.75) is 38.5 Å². The Kier molecular flexibility index (Phi) is 4.94. The largest absolute Gasteiger partial charge is 0.416 e. The first-order valence-corrected chi connectivity index (χ1v) is 10.1. The molecule has 5 nitrogen and oxygen atoms in total. The molecule has 0 spiro atoms. The number of carbonyl (C=O) groups excluding carboxylic acids is 1. The average molecular weight is 421 g/mol. The molecular weight excluding hydrogens is 403 g/mol. The molecule has 0 bridgehead atoms. The summed E-state index contributed by atoms with van der Waals surface area (Å²) in [5, 5.41) is 2.01. The normalized spacial score (nSPS) is 17.2. The van der Waals surface area contributed by atoms with Gasteiger partial charge in [-0.25, -0.2) is 4.98 Å². The van der Waals surface area contributed by atoms with Gasteiger partial charge in [-0.2, -0.15) is 13.2 Å². The number of benzene rings is 1. The van der Waals surface area contributed by atoms with Gasteiger partial charge in [0, 0.05) is 22.8 Å². The van der Waals surface area contributed by atoms with Gasteiger partial charge in [0.15, 0.2) is 0 Å². The Morgan fingerprint density at radius 2 is 2.00 bits per heavy atom. The maximum absolute atomic E-state index is 13.0. The molecule has 4 rings (SSSR count). The third kappa shape index (κ3) is 3.66. The monoisotopic (exact) mass is 421 g/mol. The Labute approximate surface area is 168 Å². The van der Waals surface area contributed by atoms with E-state index >= 15 is 0 Å². The standard InChI is InChI=1S/C20H18F3N3O2S/c1-12-3-2-8-26(12)16(27)9-25-11-24-15-10-29-18(17(15)19(25)28)13-4-6-14(7-5-13)20(21,22)23/h4-7,10-12H,2-3,8-9H2,1H3. The maximum atomic E-state index is 13.0. The molecule has 0 saturated carbocycles. The number of hydrogen-bond donors (Lipinski definition) is 0. The minimum absolute atomic E-state index is 0.103. The average Bonchev–Trinajstić information content (AvgIpc) is 3.30. The summed E-state index contributed by atoms with van der Waals surface area (Å²) in [6.45, 7) is 2.56. The summed E-state index contributed by atoms with van der Waals surface area (Å²) in [5.74, 6) is -0.135.